The van der Waals surface area contributed by atoms with E-state index in [0.717, 1.165) is 17.5 Å². The molecule has 3 rings (SSSR count). The third-order valence-electron chi connectivity index (χ3n) is 5.02. The Morgan fingerprint density at radius 3 is 2.38 bits per heavy atom. The van der Waals surface area contributed by atoms with Crippen LogP contribution >= 0.6 is 0 Å². The minimum atomic E-state index is -0.866. The fourth-order valence-electron chi connectivity index (χ4n) is 3.28. The second-order valence-electron chi connectivity index (χ2n) is 7.57. The summed E-state index contributed by atoms with van der Waals surface area (Å²) >= 11 is 0. The lowest BCUT2D eigenvalue weighted by atomic mass is 9.99. The average Bonchev–Trinajstić information content (AvgIpc) is 2.80. The van der Waals surface area contributed by atoms with Crippen LogP contribution in [0.25, 0.3) is 28.3 Å². The van der Waals surface area contributed by atoms with Gasteiger partial charge in [-0.15, -0.1) is 0 Å². The Balaban J connectivity index is 1.72. The Labute approximate surface area is 187 Å². The van der Waals surface area contributed by atoms with Crippen molar-refractivity contribution in [2.45, 2.75) is 32.3 Å². The number of benzene rings is 2. The molecule has 0 bridgehead atoms. The number of aliphatic hydroxyl groups excluding tert-OH is 1. The van der Waals surface area contributed by atoms with Gasteiger partial charge in [-0.25, -0.2) is 13.8 Å². The number of ether oxygens (including phenoxy) is 1. The zero-order valence-electron chi connectivity index (χ0n) is 18.1. The zero-order chi connectivity index (χ0) is 22.9. The van der Waals surface area contributed by atoms with Crippen molar-refractivity contribution in [3.8, 4) is 28.1 Å². The first-order valence-electron chi connectivity index (χ1n) is 10.6. The van der Waals surface area contributed by atoms with Crippen LogP contribution in [0.2, 0.25) is 0 Å². The predicted octanol–water partition coefficient (Wildman–Crippen LogP) is 6.82. The smallest absolute Gasteiger partial charge is 0.213 e. The summed E-state index contributed by atoms with van der Waals surface area (Å²) in [5.41, 5.74) is 2.83. The molecule has 1 aromatic heterocycles. The van der Waals surface area contributed by atoms with Crippen molar-refractivity contribution in [1.29, 1.82) is 0 Å². The predicted molar refractivity (Wildman–Crippen MR) is 125 cm³/mol. The van der Waals surface area contributed by atoms with Gasteiger partial charge in [-0.3, -0.25) is 0 Å². The first-order chi connectivity index (χ1) is 15.5. The molecule has 32 heavy (non-hydrogen) atoms. The van der Waals surface area contributed by atoms with Gasteiger partial charge in [0.15, 0.2) is 11.6 Å². The number of aliphatic hydroxyl groups is 1. The van der Waals surface area contributed by atoms with Crippen LogP contribution in [0, 0.1) is 11.6 Å². The van der Waals surface area contributed by atoms with Crippen molar-refractivity contribution in [2.75, 3.05) is 6.61 Å². The van der Waals surface area contributed by atoms with Gasteiger partial charge in [0, 0.05) is 29.0 Å². The van der Waals surface area contributed by atoms with Gasteiger partial charge in [-0.05, 0) is 43.4 Å². The molecule has 2 aromatic carbocycles. The minimum Gasteiger partial charge on any atom is -0.473 e. The average molecular weight is 436 g/mol. The van der Waals surface area contributed by atoms with Gasteiger partial charge in [0.1, 0.15) is 6.61 Å². The highest BCUT2D eigenvalue weighted by Gasteiger charge is 2.13. The van der Waals surface area contributed by atoms with Gasteiger partial charge in [0.25, 0.3) is 0 Å². The molecule has 0 saturated carbocycles. The molecule has 1 heterocycles. The van der Waals surface area contributed by atoms with Crippen LogP contribution in [-0.4, -0.2) is 22.8 Å². The van der Waals surface area contributed by atoms with Crippen LogP contribution in [-0.2, 0) is 0 Å². The number of aromatic nitrogens is 1. The summed E-state index contributed by atoms with van der Waals surface area (Å²) in [6.45, 7) is 5.72. The summed E-state index contributed by atoms with van der Waals surface area (Å²) in [7, 11) is 0. The van der Waals surface area contributed by atoms with Crippen LogP contribution in [0.1, 0.15) is 31.7 Å². The number of pyridine rings is 1. The Bertz CT molecular complexity index is 1060. The number of unbranched alkanes of at least 4 members (excludes halogenated alkanes) is 1. The molecule has 166 valence electrons. The third kappa shape index (κ3) is 6.11. The lowest BCUT2D eigenvalue weighted by Gasteiger charge is -2.09. The summed E-state index contributed by atoms with van der Waals surface area (Å²) in [6.07, 6.45) is 8.57. The van der Waals surface area contributed by atoms with E-state index < -0.39 is 11.6 Å². The van der Waals surface area contributed by atoms with E-state index in [-0.39, 0.29) is 17.2 Å². The minimum absolute atomic E-state index is 0.213. The molecule has 0 aliphatic rings. The van der Waals surface area contributed by atoms with E-state index in [1.54, 1.807) is 61.7 Å². The summed E-state index contributed by atoms with van der Waals surface area (Å²) in [5.74, 6) is -1.22. The normalized spacial score (nSPS) is 12.1. The van der Waals surface area contributed by atoms with E-state index >= 15 is 0 Å². The van der Waals surface area contributed by atoms with Gasteiger partial charge in [0.2, 0.25) is 5.88 Å². The van der Waals surface area contributed by atoms with E-state index in [9.17, 15) is 13.9 Å². The zero-order valence-corrected chi connectivity index (χ0v) is 18.1. The number of rotatable bonds is 10. The molecule has 0 saturated heterocycles. The summed E-state index contributed by atoms with van der Waals surface area (Å²) in [6, 6.07) is 14.1. The third-order valence-corrected chi connectivity index (χ3v) is 5.02. The summed E-state index contributed by atoms with van der Waals surface area (Å²) in [4.78, 5) is 4.25. The first kappa shape index (κ1) is 23.4. The number of nitrogens with zero attached hydrogens (tertiary/aromatic N) is 1. The maximum atomic E-state index is 14.7. The van der Waals surface area contributed by atoms with E-state index in [1.807, 2.05) is 18.2 Å². The first-order valence-corrected chi connectivity index (χ1v) is 10.6. The van der Waals surface area contributed by atoms with Crippen LogP contribution in [0.5, 0.6) is 5.88 Å². The van der Waals surface area contributed by atoms with Crippen molar-refractivity contribution < 1.29 is 18.6 Å². The number of halogens is 2. The molecule has 0 spiro atoms. The van der Waals surface area contributed by atoms with E-state index in [4.69, 9.17) is 4.74 Å². The molecule has 3 nitrogen and oxygen atoms in total. The van der Waals surface area contributed by atoms with Gasteiger partial charge in [-0.1, -0.05) is 61.2 Å². The maximum absolute atomic E-state index is 14.7. The van der Waals surface area contributed by atoms with E-state index in [0.29, 0.717) is 30.9 Å². The van der Waals surface area contributed by atoms with Gasteiger partial charge < -0.3 is 9.84 Å². The van der Waals surface area contributed by atoms with Gasteiger partial charge in [-0.2, -0.15) is 0 Å². The number of hydrogen-bond donors (Lipinski definition) is 1. The quantitative estimate of drug-likeness (QED) is 0.281. The van der Waals surface area contributed by atoms with E-state index in [1.165, 1.54) is 0 Å². The molecule has 3 aromatic rings. The molecule has 5 heteroatoms. The van der Waals surface area contributed by atoms with Gasteiger partial charge >= 0.3 is 0 Å². The largest absolute Gasteiger partial charge is 0.473 e. The molecule has 1 N–H and O–H groups in total. The summed E-state index contributed by atoms with van der Waals surface area (Å²) < 4.78 is 34.7. The van der Waals surface area contributed by atoms with Crippen LogP contribution < -0.4 is 4.74 Å². The number of hydrogen-bond acceptors (Lipinski definition) is 3. The summed E-state index contributed by atoms with van der Waals surface area (Å²) in [5, 5.41) is 9.26. The Hall–Kier alpha value is -3.31. The SMILES string of the molecule is C=CCOc1ccc(-c2ccc(-c3ccc(C=CCCCC(C)O)c(F)c3F)cc2)cn1. The molecule has 0 radical (unpaired) electrons. The molecule has 1 atom stereocenters. The van der Waals surface area contributed by atoms with E-state index in [2.05, 4.69) is 11.6 Å². The molecule has 1 unspecified atom stereocenters. The highest BCUT2D eigenvalue weighted by atomic mass is 19.2. The maximum Gasteiger partial charge on any atom is 0.213 e. The Morgan fingerprint density at radius 1 is 1.00 bits per heavy atom. The van der Waals surface area contributed by atoms with Crippen LogP contribution in [0.15, 0.2) is 73.5 Å². The van der Waals surface area contributed by atoms with Crippen molar-refractivity contribution in [3.63, 3.8) is 0 Å². The standard InChI is InChI=1S/C27H27F2NO2/c1-3-17-32-25-16-14-23(18-30-25)20-9-11-21(12-10-20)24-15-13-22(26(28)27(24)29)8-6-4-5-7-19(2)31/h3,6,8-16,18-19,31H,1,4-5,7,17H2,2H3. The Morgan fingerprint density at radius 2 is 1.72 bits per heavy atom. The molecule has 0 amide bonds. The molecular weight excluding hydrogens is 408 g/mol. The van der Waals surface area contributed by atoms with Crippen LogP contribution in [0.3, 0.4) is 0 Å². The second kappa shape index (κ2) is 11.3. The second-order valence-corrected chi connectivity index (χ2v) is 7.57. The number of allylic oxidation sites excluding steroid dienone is 1. The van der Waals surface area contributed by atoms with Crippen molar-refractivity contribution in [3.05, 3.63) is 90.7 Å². The highest BCUT2D eigenvalue weighted by Crippen LogP contribution is 2.29. The van der Waals surface area contributed by atoms with Crippen molar-refractivity contribution in [2.24, 2.45) is 0 Å². The van der Waals surface area contributed by atoms with Gasteiger partial charge in [0.05, 0.1) is 6.10 Å². The molecule has 0 aliphatic heterocycles. The molecule has 0 aliphatic carbocycles. The lowest BCUT2D eigenvalue weighted by molar-refractivity contribution is 0.182. The fraction of sp³-hybridized carbons (Fsp3) is 0.222. The fourth-order valence-corrected chi connectivity index (χ4v) is 3.28. The molecule has 0 fully saturated rings. The Kier molecular flexibility index (Phi) is 8.28. The monoisotopic (exact) mass is 435 g/mol. The molecular formula is C27H27F2NO2. The topological polar surface area (TPSA) is 42.4 Å². The highest BCUT2D eigenvalue weighted by molar-refractivity contribution is 5.71. The van der Waals surface area contributed by atoms with Crippen molar-refractivity contribution >= 4 is 6.08 Å². The van der Waals surface area contributed by atoms with Crippen LogP contribution in [0.4, 0.5) is 8.78 Å². The van der Waals surface area contributed by atoms with Crippen molar-refractivity contribution in [1.82, 2.24) is 4.98 Å². The lowest BCUT2D eigenvalue weighted by Crippen LogP contribution is -1.97.